The van der Waals surface area contributed by atoms with Gasteiger partial charge in [-0.15, -0.1) is 11.3 Å². The molecule has 3 amide bonds. The van der Waals surface area contributed by atoms with Gasteiger partial charge in [0, 0.05) is 33.2 Å². The minimum Gasteiger partial charge on any atom is -0.355 e. The van der Waals surface area contributed by atoms with Gasteiger partial charge in [0.05, 0.1) is 17.3 Å². The Labute approximate surface area is 145 Å². The van der Waals surface area contributed by atoms with Crippen LogP contribution < -0.4 is 11.1 Å². The van der Waals surface area contributed by atoms with Crippen LogP contribution in [0.2, 0.25) is 0 Å². The molecule has 0 spiro atoms. The Bertz CT molecular complexity index is 576. The van der Waals surface area contributed by atoms with E-state index in [2.05, 4.69) is 5.32 Å². The third-order valence-corrected chi connectivity index (χ3v) is 4.90. The lowest BCUT2D eigenvalue weighted by atomic mass is 9.97. The first kappa shape index (κ1) is 18.4. The molecular formula is C16H24N4O3S. The number of hydrogen-bond acceptors (Lipinski definition) is 5. The molecule has 1 saturated heterocycles. The fourth-order valence-electron chi connectivity index (χ4n) is 2.72. The molecule has 2 heterocycles. The summed E-state index contributed by atoms with van der Waals surface area (Å²) >= 11 is 1.35. The van der Waals surface area contributed by atoms with Crippen LogP contribution in [0.3, 0.4) is 0 Å². The smallest absolute Gasteiger partial charge is 0.264 e. The largest absolute Gasteiger partial charge is 0.355 e. The van der Waals surface area contributed by atoms with E-state index in [-0.39, 0.29) is 30.2 Å². The van der Waals surface area contributed by atoms with Crippen LogP contribution >= 0.6 is 11.3 Å². The number of nitrogens with one attached hydrogen (secondary N) is 1. The van der Waals surface area contributed by atoms with E-state index in [1.807, 2.05) is 11.4 Å². The molecule has 7 nitrogen and oxygen atoms in total. The molecule has 1 aliphatic heterocycles. The van der Waals surface area contributed by atoms with Gasteiger partial charge in [0.15, 0.2) is 0 Å². The van der Waals surface area contributed by atoms with Crippen molar-refractivity contribution in [2.75, 3.05) is 39.8 Å². The van der Waals surface area contributed by atoms with Crippen molar-refractivity contribution in [1.82, 2.24) is 15.1 Å². The van der Waals surface area contributed by atoms with E-state index in [0.717, 1.165) is 12.8 Å². The maximum absolute atomic E-state index is 12.4. The van der Waals surface area contributed by atoms with Gasteiger partial charge in [-0.25, -0.2) is 0 Å². The van der Waals surface area contributed by atoms with Crippen molar-refractivity contribution in [2.24, 2.45) is 11.7 Å². The normalized spacial score (nSPS) is 17.4. The van der Waals surface area contributed by atoms with Crippen LogP contribution in [0.5, 0.6) is 0 Å². The second-order valence-electron chi connectivity index (χ2n) is 5.90. The number of likely N-dealkylation sites (tertiary alicyclic amines) is 1. The van der Waals surface area contributed by atoms with Gasteiger partial charge in [0.2, 0.25) is 11.8 Å². The van der Waals surface area contributed by atoms with Crippen LogP contribution in [0.1, 0.15) is 22.5 Å². The molecule has 0 saturated carbocycles. The Balaban J connectivity index is 1.87. The first-order valence-corrected chi connectivity index (χ1v) is 8.95. The summed E-state index contributed by atoms with van der Waals surface area (Å²) in [5.41, 5.74) is 5.39. The number of thiophene rings is 1. The second-order valence-corrected chi connectivity index (χ2v) is 6.84. The molecule has 8 heteroatoms. The molecule has 3 N–H and O–H groups in total. The predicted octanol–water partition coefficient (Wildman–Crippen LogP) is 0.134. The molecule has 24 heavy (non-hydrogen) atoms. The Morgan fingerprint density at radius 3 is 2.92 bits per heavy atom. The zero-order valence-corrected chi connectivity index (χ0v) is 14.7. The summed E-state index contributed by atoms with van der Waals surface area (Å²) in [4.78, 5) is 40.4. The summed E-state index contributed by atoms with van der Waals surface area (Å²) in [6.07, 6.45) is 1.55. The summed E-state index contributed by atoms with van der Waals surface area (Å²) in [6, 6.07) is 3.55. The van der Waals surface area contributed by atoms with Crippen LogP contribution in [-0.4, -0.2) is 67.3 Å². The molecule has 1 aromatic rings. The Hall–Kier alpha value is -1.93. The van der Waals surface area contributed by atoms with Gasteiger partial charge in [-0.1, -0.05) is 6.07 Å². The van der Waals surface area contributed by atoms with Crippen molar-refractivity contribution in [3.63, 3.8) is 0 Å². The number of carbonyl (C=O) groups excluding carboxylic acids is 3. The van der Waals surface area contributed by atoms with E-state index < -0.39 is 0 Å². The van der Waals surface area contributed by atoms with Gasteiger partial charge < -0.3 is 20.9 Å². The molecule has 1 aliphatic rings. The molecule has 1 atom stereocenters. The lowest BCUT2D eigenvalue weighted by Crippen LogP contribution is -2.49. The molecule has 2 rings (SSSR count). The fraction of sp³-hybridized carbons (Fsp3) is 0.562. The highest BCUT2D eigenvalue weighted by Crippen LogP contribution is 2.17. The lowest BCUT2D eigenvalue weighted by molar-refractivity contribution is -0.136. The first-order valence-electron chi connectivity index (χ1n) is 8.07. The van der Waals surface area contributed by atoms with Crippen molar-refractivity contribution in [1.29, 1.82) is 0 Å². The molecular weight excluding hydrogens is 328 g/mol. The number of rotatable bonds is 6. The summed E-state index contributed by atoms with van der Waals surface area (Å²) in [5.74, 6) is -0.542. The number of likely N-dealkylation sites (N-methyl/N-ethyl adjacent to an activating group) is 1. The SMILES string of the molecule is CN(CC(=O)N1CCCC(C(=O)NCCN)C1)C(=O)c1cccs1. The van der Waals surface area contributed by atoms with Crippen molar-refractivity contribution < 1.29 is 14.4 Å². The predicted molar refractivity (Wildman–Crippen MR) is 92.6 cm³/mol. The van der Waals surface area contributed by atoms with Crippen molar-refractivity contribution in [3.8, 4) is 0 Å². The molecule has 1 aromatic heterocycles. The number of nitrogens with zero attached hydrogens (tertiary/aromatic N) is 2. The van der Waals surface area contributed by atoms with Crippen molar-refractivity contribution in [2.45, 2.75) is 12.8 Å². The standard InChI is InChI=1S/C16H24N4O3S/c1-19(16(23)13-5-3-9-24-13)11-14(21)20-8-2-4-12(10-20)15(22)18-7-6-17/h3,5,9,12H,2,4,6-8,10-11,17H2,1H3,(H,18,22). The summed E-state index contributed by atoms with van der Waals surface area (Å²) in [7, 11) is 1.62. The van der Waals surface area contributed by atoms with Crippen molar-refractivity contribution >= 4 is 29.1 Å². The van der Waals surface area contributed by atoms with Crippen LogP contribution in [0.15, 0.2) is 17.5 Å². The number of piperidine rings is 1. The average molecular weight is 352 g/mol. The molecule has 0 bridgehead atoms. The highest BCUT2D eigenvalue weighted by atomic mass is 32.1. The molecule has 1 unspecified atom stereocenters. The number of carbonyl (C=O) groups is 3. The van der Waals surface area contributed by atoms with Crippen LogP contribution in [-0.2, 0) is 9.59 Å². The first-order chi connectivity index (χ1) is 11.5. The molecule has 0 aliphatic carbocycles. The van der Waals surface area contributed by atoms with Gasteiger partial charge in [0.25, 0.3) is 5.91 Å². The Morgan fingerprint density at radius 1 is 1.46 bits per heavy atom. The minimum absolute atomic E-state index is 0.0217. The number of nitrogens with two attached hydrogens (primary N) is 1. The van der Waals surface area contributed by atoms with E-state index in [1.165, 1.54) is 16.2 Å². The minimum atomic E-state index is -0.201. The third-order valence-electron chi connectivity index (χ3n) is 4.04. The van der Waals surface area contributed by atoms with E-state index in [1.54, 1.807) is 18.0 Å². The van der Waals surface area contributed by atoms with E-state index in [4.69, 9.17) is 5.73 Å². The van der Waals surface area contributed by atoms with E-state index >= 15 is 0 Å². The zero-order chi connectivity index (χ0) is 17.5. The van der Waals surface area contributed by atoms with E-state index in [0.29, 0.717) is 31.1 Å². The molecule has 1 fully saturated rings. The number of hydrogen-bond donors (Lipinski definition) is 2. The topological polar surface area (TPSA) is 95.7 Å². The van der Waals surface area contributed by atoms with Crippen LogP contribution in [0, 0.1) is 5.92 Å². The van der Waals surface area contributed by atoms with Gasteiger partial charge in [-0.3, -0.25) is 14.4 Å². The fourth-order valence-corrected chi connectivity index (χ4v) is 3.44. The average Bonchev–Trinajstić information content (AvgIpc) is 3.13. The third kappa shape index (κ3) is 4.78. The monoisotopic (exact) mass is 352 g/mol. The maximum atomic E-state index is 12.4. The van der Waals surface area contributed by atoms with Crippen LogP contribution in [0.25, 0.3) is 0 Å². The highest BCUT2D eigenvalue weighted by molar-refractivity contribution is 7.12. The lowest BCUT2D eigenvalue weighted by Gasteiger charge is -2.33. The number of amides is 3. The van der Waals surface area contributed by atoms with Gasteiger partial charge >= 0.3 is 0 Å². The quantitative estimate of drug-likeness (QED) is 0.761. The highest BCUT2D eigenvalue weighted by Gasteiger charge is 2.29. The molecule has 0 aromatic carbocycles. The second kappa shape index (κ2) is 8.79. The summed E-state index contributed by atoms with van der Waals surface area (Å²) in [5, 5.41) is 4.61. The summed E-state index contributed by atoms with van der Waals surface area (Å²) < 4.78 is 0. The Kier molecular flexibility index (Phi) is 6.74. The van der Waals surface area contributed by atoms with Crippen molar-refractivity contribution in [3.05, 3.63) is 22.4 Å². The Morgan fingerprint density at radius 2 is 2.25 bits per heavy atom. The maximum Gasteiger partial charge on any atom is 0.264 e. The zero-order valence-electron chi connectivity index (χ0n) is 13.9. The molecule has 132 valence electrons. The van der Waals surface area contributed by atoms with Crippen LogP contribution in [0.4, 0.5) is 0 Å². The molecule has 0 radical (unpaired) electrons. The van der Waals surface area contributed by atoms with E-state index in [9.17, 15) is 14.4 Å². The van der Waals surface area contributed by atoms with Gasteiger partial charge in [-0.2, -0.15) is 0 Å². The van der Waals surface area contributed by atoms with Gasteiger partial charge in [-0.05, 0) is 24.3 Å². The van der Waals surface area contributed by atoms with Gasteiger partial charge in [0.1, 0.15) is 0 Å². The summed E-state index contributed by atoms with van der Waals surface area (Å²) in [6.45, 7) is 1.89.